The van der Waals surface area contributed by atoms with Crippen molar-refractivity contribution in [2.24, 2.45) is 0 Å². The fraction of sp³-hybridized carbons (Fsp3) is 0.320. The number of ketones is 1. The molecular weight excluding hydrogens is 498 g/mol. The number of thiazole rings is 1. The van der Waals surface area contributed by atoms with Crippen molar-refractivity contribution in [3.05, 3.63) is 80.6 Å². The van der Waals surface area contributed by atoms with Gasteiger partial charge in [-0.3, -0.25) is 9.59 Å². The minimum atomic E-state index is -4.91. The van der Waals surface area contributed by atoms with E-state index >= 15 is 0 Å². The number of halogens is 4. The molecule has 0 saturated carbocycles. The Morgan fingerprint density at radius 3 is 2.56 bits per heavy atom. The molecule has 0 aliphatic carbocycles. The summed E-state index contributed by atoms with van der Waals surface area (Å²) in [5, 5.41) is 2.06. The summed E-state index contributed by atoms with van der Waals surface area (Å²) in [4.78, 5) is 30.1. The molecular formula is C25H23F4N3O3S. The second kappa shape index (κ2) is 10.8. The summed E-state index contributed by atoms with van der Waals surface area (Å²) in [5.41, 5.74) is 0.558. The first-order chi connectivity index (χ1) is 17.1. The van der Waals surface area contributed by atoms with Crippen LogP contribution in [0.4, 0.5) is 23.2 Å². The maximum Gasteiger partial charge on any atom is 0.435 e. The highest BCUT2D eigenvalue weighted by Gasteiger charge is 2.40. The van der Waals surface area contributed by atoms with Gasteiger partial charge < -0.3 is 15.0 Å². The van der Waals surface area contributed by atoms with E-state index in [1.807, 2.05) is 4.90 Å². The van der Waals surface area contributed by atoms with Crippen LogP contribution in [0.25, 0.3) is 0 Å². The number of anilines is 1. The van der Waals surface area contributed by atoms with E-state index in [4.69, 9.17) is 4.74 Å². The third-order valence-corrected chi connectivity index (χ3v) is 6.80. The zero-order valence-corrected chi connectivity index (χ0v) is 20.1. The van der Waals surface area contributed by atoms with Gasteiger partial charge in [-0.2, -0.15) is 13.2 Å². The Bertz CT molecular complexity index is 1270. The summed E-state index contributed by atoms with van der Waals surface area (Å²) in [6, 6.07) is 11.0. The van der Waals surface area contributed by atoms with Crippen LogP contribution in [-0.2, 0) is 17.3 Å². The Kier molecular flexibility index (Phi) is 7.70. The zero-order valence-electron chi connectivity index (χ0n) is 19.3. The molecule has 0 unspecified atom stereocenters. The number of rotatable bonds is 7. The van der Waals surface area contributed by atoms with Gasteiger partial charge in [0.15, 0.2) is 10.7 Å². The number of morpholine rings is 1. The Labute approximate surface area is 208 Å². The summed E-state index contributed by atoms with van der Waals surface area (Å²) in [7, 11) is 0. The molecule has 1 fully saturated rings. The molecule has 1 aliphatic rings. The molecule has 1 amide bonds. The van der Waals surface area contributed by atoms with Gasteiger partial charge in [0.25, 0.3) is 5.91 Å². The highest BCUT2D eigenvalue weighted by atomic mass is 32.1. The van der Waals surface area contributed by atoms with E-state index in [-0.39, 0.29) is 24.3 Å². The third-order valence-electron chi connectivity index (χ3n) is 5.75. The van der Waals surface area contributed by atoms with E-state index in [0.29, 0.717) is 54.5 Å². The van der Waals surface area contributed by atoms with E-state index in [9.17, 15) is 27.2 Å². The number of ether oxygens (including phenoxy) is 1. The Morgan fingerprint density at radius 2 is 1.86 bits per heavy atom. The van der Waals surface area contributed by atoms with E-state index in [0.717, 1.165) is 0 Å². The summed E-state index contributed by atoms with van der Waals surface area (Å²) in [5.74, 6) is -2.03. The van der Waals surface area contributed by atoms with E-state index in [2.05, 4.69) is 10.3 Å². The van der Waals surface area contributed by atoms with Crippen LogP contribution in [0.5, 0.6) is 0 Å². The van der Waals surface area contributed by atoms with E-state index < -0.39 is 33.4 Å². The number of carbonyl (C=O) groups is 2. The number of aromatic nitrogens is 1. The average molecular weight is 522 g/mol. The minimum absolute atomic E-state index is 0.0171. The number of hydrogen-bond donors (Lipinski definition) is 1. The molecule has 190 valence electrons. The fourth-order valence-corrected chi connectivity index (χ4v) is 4.82. The number of amides is 1. The number of carbonyl (C=O) groups excluding carboxylic acids is 2. The number of hydrogen-bond acceptors (Lipinski definition) is 6. The molecule has 1 aromatic heterocycles. The SMILES string of the molecule is Cc1ccccc1C(=O)c1nc(C(F)(F)F)c(C(=O)NCCc2ccc(F)c(N3CCOCC3)c2)s1. The molecule has 0 radical (unpaired) electrons. The van der Waals surface area contributed by atoms with Crippen molar-refractivity contribution in [2.45, 2.75) is 19.5 Å². The van der Waals surface area contributed by atoms with Gasteiger partial charge in [-0.15, -0.1) is 11.3 Å². The van der Waals surface area contributed by atoms with Crippen LogP contribution >= 0.6 is 11.3 Å². The Morgan fingerprint density at radius 1 is 1.14 bits per heavy atom. The highest BCUT2D eigenvalue weighted by Crippen LogP contribution is 2.35. The lowest BCUT2D eigenvalue weighted by atomic mass is 10.1. The first-order valence-corrected chi connectivity index (χ1v) is 12.0. The monoisotopic (exact) mass is 521 g/mol. The fourth-order valence-electron chi connectivity index (χ4n) is 3.87. The van der Waals surface area contributed by atoms with Crippen LogP contribution in [0.3, 0.4) is 0 Å². The second-order valence-electron chi connectivity index (χ2n) is 8.23. The predicted octanol–water partition coefficient (Wildman–Crippen LogP) is 4.65. The van der Waals surface area contributed by atoms with Crippen molar-refractivity contribution in [1.82, 2.24) is 10.3 Å². The standard InChI is InChI=1S/C25H23F4N3O3S/c1-15-4-2-3-5-17(15)20(33)24-31-22(25(27,28)29)21(36-24)23(34)30-9-8-16-6-7-18(26)19(14-16)32-10-12-35-13-11-32/h2-7,14H,8-13H2,1H3,(H,30,34). The maximum atomic E-state index is 14.3. The van der Waals surface area contributed by atoms with Gasteiger partial charge in [-0.25, -0.2) is 9.37 Å². The molecule has 1 aliphatic heterocycles. The predicted molar refractivity (Wildman–Crippen MR) is 127 cm³/mol. The van der Waals surface area contributed by atoms with Gasteiger partial charge >= 0.3 is 6.18 Å². The molecule has 0 spiro atoms. The normalized spacial score (nSPS) is 14.1. The molecule has 4 rings (SSSR count). The van der Waals surface area contributed by atoms with Crippen molar-refractivity contribution in [1.29, 1.82) is 0 Å². The lowest BCUT2D eigenvalue weighted by Gasteiger charge is -2.29. The molecule has 3 aromatic rings. The molecule has 6 nitrogen and oxygen atoms in total. The molecule has 1 N–H and O–H groups in total. The molecule has 0 atom stereocenters. The quantitative estimate of drug-likeness (QED) is 0.362. The van der Waals surface area contributed by atoms with Gasteiger partial charge in [-0.1, -0.05) is 30.3 Å². The van der Waals surface area contributed by atoms with Gasteiger partial charge in [-0.05, 0) is 36.6 Å². The van der Waals surface area contributed by atoms with Crippen LogP contribution in [0.15, 0.2) is 42.5 Å². The number of alkyl halides is 3. The Balaban J connectivity index is 1.48. The van der Waals surface area contributed by atoms with Crippen LogP contribution in [0.1, 0.15) is 41.9 Å². The Hall–Kier alpha value is -3.31. The lowest BCUT2D eigenvalue weighted by Crippen LogP contribution is -2.36. The van der Waals surface area contributed by atoms with Crippen LogP contribution in [0, 0.1) is 12.7 Å². The maximum absolute atomic E-state index is 14.3. The van der Waals surface area contributed by atoms with Gasteiger partial charge in [0, 0.05) is 25.2 Å². The summed E-state index contributed by atoms with van der Waals surface area (Å²) >= 11 is 0.415. The molecule has 11 heteroatoms. The number of benzene rings is 2. The van der Waals surface area contributed by atoms with Gasteiger partial charge in [0.05, 0.1) is 18.9 Å². The van der Waals surface area contributed by atoms with Crippen LogP contribution in [-0.4, -0.2) is 49.5 Å². The number of nitrogens with zero attached hydrogens (tertiary/aromatic N) is 2. The molecule has 0 bridgehead atoms. The van der Waals surface area contributed by atoms with Crippen molar-refractivity contribution in [3.63, 3.8) is 0 Å². The van der Waals surface area contributed by atoms with Crippen LogP contribution < -0.4 is 10.2 Å². The lowest BCUT2D eigenvalue weighted by molar-refractivity contribution is -0.141. The molecule has 2 aromatic carbocycles. The van der Waals surface area contributed by atoms with Crippen molar-refractivity contribution in [2.75, 3.05) is 37.7 Å². The minimum Gasteiger partial charge on any atom is -0.378 e. The average Bonchev–Trinajstić information content (AvgIpc) is 3.32. The summed E-state index contributed by atoms with van der Waals surface area (Å²) < 4.78 is 60.4. The number of nitrogens with one attached hydrogen (secondary N) is 1. The van der Waals surface area contributed by atoms with E-state index in [1.54, 1.807) is 37.3 Å². The highest BCUT2D eigenvalue weighted by molar-refractivity contribution is 7.15. The first kappa shape index (κ1) is 25.8. The summed E-state index contributed by atoms with van der Waals surface area (Å²) in [6.45, 7) is 3.76. The third kappa shape index (κ3) is 5.73. The topological polar surface area (TPSA) is 71.5 Å². The molecule has 2 heterocycles. The largest absolute Gasteiger partial charge is 0.435 e. The molecule has 36 heavy (non-hydrogen) atoms. The smallest absolute Gasteiger partial charge is 0.378 e. The zero-order chi connectivity index (χ0) is 25.9. The van der Waals surface area contributed by atoms with Gasteiger partial charge in [0.2, 0.25) is 5.78 Å². The van der Waals surface area contributed by atoms with Crippen molar-refractivity contribution < 1.29 is 31.9 Å². The van der Waals surface area contributed by atoms with Gasteiger partial charge in [0.1, 0.15) is 10.7 Å². The summed E-state index contributed by atoms with van der Waals surface area (Å²) in [6.07, 6.45) is -4.63. The number of aryl methyl sites for hydroxylation is 1. The van der Waals surface area contributed by atoms with Crippen molar-refractivity contribution >= 4 is 28.7 Å². The molecule has 1 saturated heterocycles. The van der Waals surface area contributed by atoms with Crippen LogP contribution in [0.2, 0.25) is 0 Å². The van der Waals surface area contributed by atoms with Crippen molar-refractivity contribution in [3.8, 4) is 0 Å². The first-order valence-electron chi connectivity index (χ1n) is 11.2. The second-order valence-corrected chi connectivity index (χ2v) is 9.23. The van der Waals surface area contributed by atoms with E-state index in [1.165, 1.54) is 12.1 Å².